The van der Waals surface area contributed by atoms with E-state index in [-0.39, 0.29) is 5.69 Å². The highest BCUT2D eigenvalue weighted by molar-refractivity contribution is 5.86. The molecule has 1 fully saturated rings. The first kappa shape index (κ1) is 11.8. The molecule has 1 heterocycles. The average Bonchev–Trinajstić information content (AvgIpc) is 3.19. The van der Waals surface area contributed by atoms with Crippen molar-refractivity contribution in [3.8, 4) is 0 Å². The molecule has 0 aliphatic heterocycles. The quantitative estimate of drug-likeness (QED) is 0.724. The van der Waals surface area contributed by atoms with E-state index in [9.17, 15) is 4.79 Å². The van der Waals surface area contributed by atoms with Gasteiger partial charge in [0.15, 0.2) is 11.5 Å². The summed E-state index contributed by atoms with van der Waals surface area (Å²) < 4.78 is 4.57. The van der Waals surface area contributed by atoms with E-state index in [1.54, 1.807) is 12.1 Å². The Balaban J connectivity index is 1.93. The normalized spacial score (nSPS) is 14.5. The number of esters is 1. The Morgan fingerprint density at radius 3 is 2.76 bits per heavy atom. The van der Waals surface area contributed by atoms with Crippen molar-refractivity contribution in [3.63, 3.8) is 0 Å². The number of methoxy groups -OCH3 is 1. The van der Waals surface area contributed by atoms with Crippen molar-refractivity contribution >= 4 is 11.8 Å². The van der Waals surface area contributed by atoms with Crippen molar-refractivity contribution in [1.29, 1.82) is 0 Å². The van der Waals surface area contributed by atoms with Gasteiger partial charge in [-0.25, -0.2) is 4.79 Å². The monoisotopic (exact) mass is 235 g/mol. The summed E-state index contributed by atoms with van der Waals surface area (Å²) in [5.74, 6) is 1.24. The van der Waals surface area contributed by atoms with Gasteiger partial charge in [0.1, 0.15) is 0 Å². The van der Waals surface area contributed by atoms with Gasteiger partial charge in [0.25, 0.3) is 0 Å². The molecule has 0 amide bonds. The second kappa shape index (κ2) is 5.12. The third-order valence-electron chi connectivity index (χ3n) is 3.01. The number of hydrogen-bond donors (Lipinski definition) is 0. The molecule has 0 atom stereocenters. The minimum atomic E-state index is -0.454. The molecule has 1 aromatic heterocycles. The van der Waals surface area contributed by atoms with Crippen LogP contribution >= 0.6 is 0 Å². The average molecular weight is 235 g/mol. The SMILES string of the molecule is COC(=O)c1ccc(N(C)CCC2CC2)nn1. The Morgan fingerprint density at radius 2 is 2.24 bits per heavy atom. The zero-order chi connectivity index (χ0) is 12.3. The van der Waals surface area contributed by atoms with Crippen LogP contribution in [-0.4, -0.2) is 36.9 Å². The summed E-state index contributed by atoms with van der Waals surface area (Å²) in [5.41, 5.74) is 0.242. The maximum absolute atomic E-state index is 11.2. The fraction of sp³-hybridized carbons (Fsp3) is 0.583. The van der Waals surface area contributed by atoms with Gasteiger partial charge in [0.2, 0.25) is 0 Å². The lowest BCUT2D eigenvalue weighted by Gasteiger charge is -2.17. The van der Waals surface area contributed by atoms with E-state index >= 15 is 0 Å². The standard InChI is InChI=1S/C12H17N3O2/c1-15(8-7-9-3-4-9)11-6-5-10(13-14-11)12(16)17-2/h5-6,9H,3-4,7-8H2,1-2H3. The zero-order valence-corrected chi connectivity index (χ0v) is 10.2. The van der Waals surface area contributed by atoms with E-state index in [2.05, 4.69) is 19.8 Å². The summed E-state index contributed by atoms with van der Waals surface area (Å²) in [7, 11) is 3.32. The topological polar surface area (TPSA) is 55.3 Å². The van der Waals surface area contributed by atoms with Crippen LogP contribution < -0.4 is 4.90 Å². The van der Waals surface area contributed by atoms with E-state index < -0.39 is 5.97 Å². The Kier molecular flexibility index (Phi) is 3.56. The van der Waals surface area contributed by atoms with E-state index in [1.165, 1.54) is 26.4 Å². The van der Waals surface area contributed by atoms with Crippen molar-refractivity contribution in [3.05, 3.63) is 17.8 Å². The van der Waals surface area contributed by atoms with Gasteiger partial charge in [-0.05, 0) is 24.5 Å². The van der Waals surface area contributed by atoms with Crippen molar-refractivity contribution in [2.24, 2.45) is 5.92 Å². The van der Waals surface area contributed by atoms with Crippen LogP contribution in [0.3, 0.4) is 0 Å². The minimum absolute atomic E-state index is 0.242. The molecule has 17 heavy (non-hydrogen) atoms. The smallest absolute Gasteiger partial charge is 0.358 e. The molecule has 0 bridgehead atoms. The van der Waals surface area contributed by atoms with E-state index in [1.807, 2.05) is 7.05 Å². The first-order chi connectivity index (χ1) is 8.20. The third kappa shape index (κ3) is 3.15. The summed E-state index contributed by atoms with van der Waals surface area (Å²) in [5, 5.41) is 7.87. The number of hydrogen-bond acceptors (Lipinski definition) is 5. The van der Waals surface area contributed by atoms with Gasteiger partial charge >= 0.3 is 5.97 Å². The number of rotatable bonds is 5. The maximum Gasteiger partial charge on any atom is 0.358 e. The lowest BCUT2D eigenvalue weighted by Crippen LogP contribution is -2.21. The summed E-state index contributed by atoms with van der Waals surface area (Å²) in [6.07, 6.45) is 3.93. The van der Waals surface area contributed by atoms with Gasteiger partial charge in [-0.1, -0.05) is 12.8 Å². The van der Waals surface area contributed by atoms with Gasteiger partial charge in [0.05, 0.1) is 7.11 Å². The molecular weight excluding hydrogens is 218 g/mol. The molecule has 2 rings (SSSR count). The van der Waals surface area contributed by atoms with Crippen molar-refractivity contribution in [2.45, 2.75) is 19.3 Å². The Hall–Kier alpha value is -1.65. The van der Waals surface area contributed by atoms with Gasteiger partial charge in [-0.2, -0.15) is 0 Å². The van der Waals surface area contributed by atoms with Gasteiger partial charge in [0, 0.05) is 13.6 Å². The van der Waals surface area contributed by atoms with Crippen molar-refractivity contribution in [1.82, 2.24) is 10.2 Å². The van der Waals surface area contributed by atoms with E-state index in [0.29, 0.717) is 0 Å². The lowest BCUT2D eigenvalue weighted by molar-refractivity contribution is 0.0592. The molecule has 92 valence electrons. The molecule has 0 radical (unpaired) electrons. The van der Waals surface area contributed by atoms with Crippen molar-refractivity contribution < 1.29 is 9.53 Å². The van der Waals surface area contributed by atoms with Crippen LogP contribution in [0, 0.1) is 5.92 Å². The Bertz CT molecular complexity index is 387. The van der Waals surface area contributed by atoms with Crippen LogP contribution in [0.4, 0.5) is 5.82 Å². The molecule has 1 saturated carbocycles. The van der Waals surface area contributed by atoms with Crippen LogP contribution in [0.5, 0.6) is 0 Å². The van der Waals surface area contributed by atoms with Gasteiger partial charge < -0.3 is 9.64 Å². The molecule has 0 unspecified atom stereocenters. The second-order valence-corrected chi connectivity index (χ2v) is 4.42. The predicted molar refractivity (Wildman–Crippen MR) is 64.0 cm³/mol. The van der Waals surface area contributed by atoms with E-state index in [0.717, 1.165) is 18.3 Å². The first-order valence-electron chi connectivity index (χ1n) is 5.84. The fourth-order valence-electron chi connectivity index (χ4n) is 1.64. The fourth-order valence-corrected chi connectivity index (χ4v) is 1.64. The maximum atomic E-state index is 11.2. The predicted octanol–water partition coefficient (Wildman–Crippen LogP) is 1.50. The van der Waals surface area contributed by atoms with Crippen LogP contribution in [0.2, 0.25) is 0 Å². The summed E-state index contributed by atoms with van der Waals surface area (Å²) in [6, 6.07) is 3.44. The van der Waals surface area contributed by atoms with Gasteiger partial charge in [-0.15, -0.1) is 10.2 Å². The number of aromatic nitrogens is 2. The number of carbonyl (C=O) groups is 1. The molecule has 1 aliphatic rings. The van der Waals surface area contributed by atoms with Crippen LogP contribution in [0.25, 0.3) is 0 Å². The summed E-state index contributed by atoms with van der Waals surface area (Å²) >= 11 is 0. The first-order valence-corrected chi connectivity index (χ1v) is 5.84. The highest BCUT2D eigenvalue weighted by Gasteiger charge is 2.21. The minimum Gasteiger partial charge on any atom is -0.464 e. The molecule has 0 spiro atoms. The Morgan fingerprint density at radius 1 is 1.47 bits per heavy atom. The Labute approximate surface area is 101 Å². The van der Waals surface area contributed by atoms with E-state index in [4.69, 9.17) is 0 Å². The number of nitrogens with zero attached hydrogens (tertiary/aromatic N) is 3. The molecule has 0 N–H and O–H groups in total. The number of ether oxygens (including phenoxy) is 1. The summed E-state index contributed by atoms with van der Waals surface area (Å²) in [6.45, 7) is 0.983. The molecular formula is C12H17N3O2. The molecule has 5 nitrogen and oxygen atoms in total. The van der Waals surface area contributed by atoms with Crippen LogP contribution in [0.15, 0.2) is 12.1 Å². The van der Waals surface area contributed by atoms with Crippen molar-refractivity contribution in [2.75, 3.05) is 25.6 Å². The molecule has 1 aliphatic carbocycles. The largest absolute Gasteiger partial charge is 0.464 e. The number of anilines is 1. The summed E-state index contributed by atoms with van der Waals surface area (Å²) in [4.78, 5) is 13.2. The van der Waals surface area contributed by atoms with Crippen LogP contribution in [-0.2, 0) is 4.74 Å². The zero-order valence-electron chi connectivity index (χ0n) is 10.2. The lowest BCUT2D eigenvalue weighted by atomic mass is 10.3. The molecule has 1 aromatic rings. The third-order valence-corrected chi connectivity index (χ3v) is 3.01. The molecule has 0 aromatic carbocycles. The molecule has 0 saturated heterocycles. The second-order valence-electron chi connectivity index (χ2n) is 4.42. The highest BCUT2D eigenvalue weighted by atomic mass is 16.5. The molecule has 5 heteroatoms. The highest BCUT2D eigenvalue weighted by Crippen LogP contribution is 2.32. The van der Waals surface area contributed by atoms with Crippen LogP contribution in [0.1, 0.15) is 29.8 Å². The number of carbonyl (C=O) groups excluding carboxylic acids is 1. The van der Waals surface area contributed by atoms with Gasteiger partial charge in [-0.3, -0.25) is 0 Å².